The molecule has 0 spiro atoms. The van der Waals surface area contributed by atoms with Crippen molar-refractivity contribution in [2.45, 2.75) is 58.4 Å². The molecule has 1 aliphatic carbocycles. The molecule has 1 aliphatic rings. The summed E-state index contributed by atoms with van der Waals surface area (Å²) in [5.74, 6) is 0.861. The van der Waals surface area contributed by atoms with E-state index in [0.717, 1.165) is 12.2 Å². The molecule has 1 unspecified atom stereocenters. The number of amides is 1. The number of carbonyl (C=O) groups excluding carboxylic acids is 2. The fourth-order valence-electron chi connectivity index (χ4n) is 3.41. The van der Waals surface area contributed by atoms with Gasteiger partial charge in [0.1, 0.15) is 5.76 Å². The first-order chi connectivity index (χ1) is 11.6. The summed E-state index contributed by atoms with van der Waals surface area (Å²) in [6, 6.07) is 3.66. The quantitative estimate of drug-likeness (QED) is 0.678. The maximum Gasteiger partial charge on any atom is 0.310 e. The zero-order valence-electron chi connectivity index (χ0n) is 14.8. The number of hydrogen-bond donors (Lipinski definition) is 0. The van der Waals surface area contributed by atoms with Gasteiger partial charge in [0.15, 0.2) is 0 Å². The minimum atomic E-state index is -0.344. The molecule has 2 rings (SSSR count). The van der Waals surface area contributed by atoms with Gasteiger partial charge < -0.3 is 14.1 Å². The summed E-state index contributed by atoms with van der Waals surface area (Å²) in [6.07, 6.45) is 9.46. The van der Waals surface area contributed by atoms with Gasteiger partial charge in [-0.2, -0.15) is 0 Å². The maximum absolute atomic E-state index is 12.7. The lowest BCUT2D eigenvalue weighted by Gasteiger charge is -2.26. The van der Waals surface area contributed by atoms with E-state index in [4.69, 9.17) is 9.15 Å². The number of carbonyl (C=O) groups is 2. The fourth-order valence-corrected chi connectivity index (χ4v) is 3.41. The lowest BCUT2D eigenvalue weighted by molar-refractivity contribution is -0.146. The van der Waals surface area contributed by atoms with Crippen LogP contribution in [0, 0.1) is 11.8 Å². The second kappa shape index (κ2) is 9.50. The summed E-state index contributed by atoms with van der Waals surface area (Å²) >= 11 is 0. The zero-order valence-corrected chi connectivity index (χ0v) is 14.8. The Balaban J connectivity index is 1.92. The van der Waals surface area contributed by atoms with E-state index in [1.807, 2.05) is 12.1 Å². The Morgan fingerprint density at radius 1 is 1.33 bits per heavy atom. The standard InChI is InChI=1S/C19H29NO4/c1-15(19(22)23-2)13-20(14-17-9-6-12-24-17)18(21)11-10-16-7-4-3-5-8-16/h6,9,12,15-16H,3-5,7-8,10-11,13-14H2,1-2H3. The normalized spacial score (nSPS) is 16.6. The van der Waals surface area contributed by atoms with Crippen molar-refractivity contribution in [1.29, 1.82) is 0 Å². The molecule has 1 saturated carbocycles. The molecular weight excluding hydrogens is 306 g/mol. The minimum Gasteiger partial charge on any atom is -0.469 e. The topological polar surface area (TPSA) is 59.8 Å². The van der Waals surface area contributed by atoms with Crippen molar-refractivity contribution in [2.24, 2.45) is 11.8 Å². The second-order valence-electron chi connectivity index (χ2n) is 6.82. The van der Waals surface area contributed by atoms with Gasteiger partial charge in [-0.15, -0.1) is 0 Å². The molecule has 1 aromatic heterocycles. The maximum atomic E-state index is 12.7. The third-order valence-electron chi connectivity index (χ3n) is 4.87. The smallest absolute Gasteiger partial charge is 0.310 e. The SMILES string of the molecule is COC(=O)C(C)CN(Cc1ccco1)C(=O)CCC1CCCCC1. The Morgan fingerprint density at radius 2 is 2.08 bits per heavy atom. The predicted octanol–water partition coefficient (Wildman–Crippen LogP) is 3.78. The van der Waals surface area contributed by atoms with E-state index < -0.39 is 0 Å². The zero-order chi connectivity index (χ0) is 17.4. The summed E-state index contributed by atoms with van der Waals surface area (Å²) < 4.78 is 10.1. The van der Waals surface area contributed by atoms with Crippen LogP contribution in [0.5, 0.6) is 0 Å². The number of hydrogen-bond acceptors (Lipinski definition) is 4. The highest BCUT2D eigenvalue weighted by Gasteiger charge is 2.23. The highest BCUT2D eigenvalue weighted by Crippen LogP contribution is 2.27. The van der Waals surface area contributed by atoms with Crippen LogP contribution in [0.2, 0.25) is 0 Å². The Labute approximate surface area is 144 Å². The Hall–Kier alpha value is -1.78. The molecule has 0 aromatic carbocycles. The molecule has 5 heteroatoms. The number of methoxy groups -OCH3 is 1. The average molecular weight is 335 g/mol. The molecule has 1 atom stereocenters. The van der Waals surface area contributed by atoms with Gasteiger partial charge in [-0.3, -0.25) is 9.59 Å². The summed E-state index contributed by atoms with van der Waals surface area (Å²) in [5.41, 5.74) is 0. The van der Waals surface area contributed by atoms with Gasteiger partial charge in [-0.1, -0.05) is 39.0 Å². The van der Waals surface area contributed by atoms with Crippen LogP contribution >= 0.6 is 0 Å². The van der Waals surface area contributed by atoms with Gasteiger partial charge >= 0.3 is 5.97 Å². The van der Waals surface area contributed by atoms with Gasteiger partial charge in [0, 0.05) is 13.0 Å². The fraction of sp³-hybridized carbons (Fsp3) is 0.684. The molecule has 1 amide bonds. The van der Waals surface area contributed by atoms with Crippen LogP contribution in [0.3, 0.4) is 0 Å². The first-order valence-electron chi connectivity index (χ1n) is 8.98. The summed E-state index contributed by atoms with van der Waals surface area (Å²) in [6.45, 7) is 2.55. The molecule has 1 heterocycles. The lowest BCUT2D eigenvalue weighted by Crippen LogP contribution is -2.37. The van der Waals surface area contributed by atoms with Crippen molar-refractivity contribution in [3.8, 4) is 0 Å². The van der Waals surface area contributed by atoms with E-state index in [-0.39, 0.29) is 17.8 Å². The molecule has 1 fully saturated rings. The molecule has 24 heavy (non-hydrogen) atoms. The summed E-state index contributed by atoms with van der Waals surface area (Å²) in [7, 11) is 1.38. The number of nitrogens with zero attached hydrogens (tertiary/aromatic N) is 1. The average Bonchev–Trinajstić information content (AvgIpc) is 3.12. The Bertz CT molecular complexity index is 505. The molecule has 134 valence electrons. The van der Waals surface area contributed by atoms with E-state index in [2.05, 4.69) is 0 Å². The number of ether oxygens (including phenoxy) is 1. The molecular formula is C19H29NO4. The monoisotopic (exact) mass is 335 g/mol. The van der Waals surface area contributed by atoms with Crippen molar-refractivity contribution >= 4 is 11.9 Å². The van der Waals surface area contributed by atoms with E-state index in [0.29, 0.717) is 25.4 Å². The van der Waals surface area contributed by atoms with Crippen LogP contribution < -0.4 is 0 Å². The van der Waals surface area contributed by atoms with Gasteiger partial charge in [0.05, 0.1) is 25.8 Å². The third kappa shape index (κ3) is 5.69. The van der Waals surface area contributed by atoms with Gasteiger partial charge in [0.2, 0.25) is 5.91 Å². The molecule has 0 radical (unpaired) electrons. The summed E-state index contributed by atoms with van der Waals surface area (Å²) in [5, 5.41) is 0. The second-order valence-corrected chi connectivity index (χ2v) is 6.82. The van der Waals surface area contributed by atoms with Crippen LogP contribution in [0.25, 0.3) is 0 Å². The highest BCUT2D eigenvalue weighted by molar-refractivity contribution is 5.78. The van der Waals surface area contributed by atoms with Gasteiger partial charge in [-0.05, 0) is 24.5 Å². The van der Waals surface area contributed by atoms with Gasteiger partial charge in [0.25, 0.3) is 0 Å². The molecule has 0 saturated heterocycles. The molecule has 5 nitrogen and oxygen atoms in total. The highest BCUT2D eigenvalue weighted by atomic mass is 16.5. The Morgan fingerprint density at radius 3 is 2.71 bits per heavy atom. The van der Waals surface area contributed by atoms with Crippen LogP contribution in [0.1, 0.15) is 57.6 Å². The van der Waals surface area contributed by atoms with Crippen molar-refractivity contribution in [3.63, 3.8) is 0 Å². The molecule has 0 aliphatic heterocycles. The number of rotatable bonds is 8. The van der Waals surface area contributed by atoms with Crippen molar-refractivity contribution < 1.29 is 18.7 Å². The number of esters is 1. The molecule has 0 N–H and O–H groups in total. The van der Waals surface area contributed by atoms with E-state index in [1.165, 1.54) is 39.2 Å². The first kappa shape index (κ1) is 18.6. The predicted molar refractivity (Wildman–Crippen MR) is 91.1 cm³/mol. The summed E-state index contributed by atoms with van der Waals surface area (Å²) in [4.78, 5) is 26.1. The van der Waals surface area contributed by atoms with Crippen LogP contribution in [-0.2, 0) is 20.9 Å². The van der Waals surface area contributed by atoms with Crippen molar-refractivity contribution in [1.82, 2.24) is 4.90 Å². The molecule has 0 bridgehead atoms. The van der Waals surface area contributed by atoms with Crippen LogP contribution in [-0.4, -0.2) is 30.4 Å². The largest absolute Gasteiger partial charge is 0.469 e. The Kier molecular flexibility index (Phi) is 7.35. The van der Waals surface area contributed by atoms with Crippen molar-refractivity contribution in [2.75, 3.05) is 13.7 Å². The first-order valence-corrected chi connectivity index (χ1v) is 8.98. The van der Waals surface area contributed by atoms with E-state index in [9.17, 15) is 9.59 Å². The third-order valence-corrected chi connectivity index (χ3v) is 4.87. The number of furan rings is 1. The van der Waals surface area contributed by atoms with Gasteiger partial charge in [-0.25, -0.2) is 0 Å². The minimum absolute atomic E-state index is 0.0905. The van der Waals surface area contributed by atoms with Crippen LogP contribution in [0.4, 0.5) is 0 Å². The van der Waals surface area contributed by atoms with Crippen molar-refractivity contribution in [3.05, 3.63) is 24.2 Å². The van der Waals surface area contributed by atoms with E-state index >= 15 is 0 Å². The lowest BCUT2D eigenvalue weighted by atomic mass is 9.86. The van der Waals surface area contributed by atoms with E-state index in [1.54, 1.807) is 18.1 Å². The molecule has 1 aromatic rings. The van der Waals surface area contributed by atoms with Crippen LogP contribution in [0.15, 0.2) is 22.8 Å².